The highest BCUT2D eigenvalue weighted by atomic mass is 35.5. The zero-order chi connectivity index (χ0) is 20.1. The standard InChI is InChI=1S/C20H19Cl2N3O3/c1-13(2)25(19(26)12-27-15-9-7-14(21)8-10-15)11-18-23-24-20(28-18)16-5-3-4-6-17(16)22/h3-10,13H,11-12H2,1-2H3. The van der Waals surface area contributed by atoms with E-state index >= 15 is 0 Å². The van der Waals surface area contributed by atoms with E-state index in [1.807, 2.05) is 26.0 Å². The maximum atomic E-state index is 12.6. The largest absolute Gasteiger partial charge is 0.484 e. The number of benzene rings is 2. The van der Waals surface area contributed by atoms with E-state index in [1.54, 1.807) is 41.3 Å². The number of aromatic nitrogens is 2. The molecule has 6 nitrogen and oxygen atoms in total. The van der Waals surface area contributed by atoms with Crippen molar-refractivity contribution in [1.29, 1.82) is 0 Å². The lowest BCUT2D eigenvalue weighted by atomic mass is 10.2. The van der Waals surface area contributed by atoms with Crippen LogP contribution in [-0.4, -0.2) is 33.7 Å². The van der Waals surface area contributed by atoms with Crippen LogP contribution in [0.2, 0.25) is 10.0 Å². The summed E-state index contributed by atoms with van der Waals surface area (Å²) < 4.78 is 11.2. The number of hydrogen-bond donors (Lipinski definition) is 0. The molecule has 0 saturated heterocycles. The SMILES string of the molecule is CC(C)N(Cc1nnc(-c2ccccc2Cl)o1)C(=O)COc1ccc(Cl)cc1. The monoisotopic (exact) mass is 419 g/mol. The van der Waals surface area contributed by atoms with Crippen LogP contribution >= 0.6 is 23.2 Å². The second-order valence-electron chi connectivity index (χ2n) is 6.34. The Hall–Kier alpha value is -2.57. The summed E-state index contributed by atoms with van der Waals surface area (Å²) in [5, 5.41) is 9.20. The zero-order valence-corrected chi connectivity index (χ0v) is 16.9. The Balaban J connectivity index is 1.67. The van der Waals surface area contributed by atoms with E-state index in [0.717, 1.165) is 0 Å². The third-order valence-corrected chi connectivity index (χ3v) is 4.58. The van der Waals surface area contributed by atoms with Gasteiger partial charge >= 0.3 is 0 Å². The van der Waals surface area contributed by atoms with Crippen molar-refractivity contribution < 1.29 is 13.9 Å². The molecule has 0 bridgehead atoms. The number of carbonyl (C=O) groups excluding carboxylic acids is 1. The molecule has 8 heteroatoms. The molecule has 3 rings (SSSR count). The molecule has 1 aromatic heterocycles. The normalized spacial score (nSPS) is 10.9. The van der Waals surface area contributed by atoms with Gasteiger partial charge < -0.3 is 14.1 Å². The highest BCUT2D eigenvalue weighted by Gasteiger charge is 2.21. The van der Waals surface area contributed by atoms with Crippen molar-refractivity contribution in [3.05, 3.63) is 64.5 Å². The summed E-state index contributed by atoms with van der Waals surface area (Å²) in [7, 11) is 0. The van der Waals surface area contributed by atoms with Crippen LogP contribution in [0, 0.1) is 0 Å². The second-order valence-corrected chi connectivity index (χ2v) is 7.18. The van der Waals surface area contributed by atoms with Crippen molar-refractivity contribution in [3.8, 4) is 17.2 Å². The number of rotatable bonds is 7. The highest BCUT2D eigenvalue weighted by molar-refractivity contribution is 6.33. The van der Waals surface area contributed by atoms with Crippen molar-refractivity contribution in [1.82, 2.24) is 15.1 Å². The molecular weight excluding hydrogens is 401 g/mol. The van der Waals surface area contributed by atoms with Crippen LogP contribution in [0.15, 0.2) is 52.9 Å². The fourth-order valence-corrected chi connectivity index (χ4v) is 2.87. The smallest absolute Gasteiger partial charge is 0.261 e. The molecule has 146 valence electrons. The predicted octanol–water partition coefficient (Wildman–Crippen LogP) is 4.86. The molecule has 0 radical (unpaired) electrons. The van der Waals surface area contributed by atoms with Gasteiger partial charge in [0.1, 0.15) is 5.75 Å². The Morgan fingerprint density at radius 3 is 2.50 bits per heavy atom. The average molecular weight is 420 g/mol. The van der Waals surface area contributed by atoms with Gasteiger partial charge in [-0.3, -0.25) is 4.79 Å². The molecule has 0 unspecified atom stereocenters. The first-order chi connectivity index (χ1) is 13.4. The van der Waals surface area contributed by atoms with Crippen molar-refractivity contribution in [2.75, 3.05) is 6.61 Å². The van der Waals surface area contributed by atoms with Crippen molar-refractivity contribution in [3.63, 3.8) is 0 Å². The molecule has 3 aromatic rings. The Labute approximate surface area is 173 Å². The van der Waals surface area contributed by atoms with Crippen LogP contribution in [0.5, 0.6) is 5.75 Å². The van der Waals surface area contributed by atoms with Gasteiger partial charge in [-0.25, -0.2) is 0 Å². The predicted molar refractivity (Wildman–Crippen MR) is 107 cm³/mol. The number of halogens is 2. The van der Waals surface area contributed by atoms with E-state index in [-0.39, 0.29) is 25.1 Å². The van der Waals surface area contributed by atoms with Gasteiger partial charge in [-0.15, -0.1) is 10.2 Å². The topological polar surface area (TPSA) is 68.5 Å². The van der Waals surface area contributed by atoms with Gasteiger partial charge in [0, 0.05) is 11.1 Å². The number of carbonyl (C=O) groups is 1. The lowest BCUT2D eigenvalue weighted by Crippen LogP contribution is -2.39. The van der Waals surface area contributed by atoms with Gasteiger partial charge in [-0.05, 0) is 50.2 Å². The van der Waals surface area contributed by atoms with Gasteiger partial charge in [-0.2, -0.15) is 0 Å². The maximum Gasteiger partial charge on any atom is 0.261 e. The number of amides is 1. The second kappa shape index (κ2) is 9.08. The van der Waals surface area contributed by atoms with Crippen molar-refractivity contribution in [2.45, 2.75) is 26.4 Å². The molecule has 2 aromatic carbocycles. The first-order valence-electron chi connectivity index (χ1n) is 8.69. The lowest BCUT2D eigenvalue weighted by Gasteiger charge is -2.25. The quantitative estimate of drug-likeness (QED) is 0.546. The Morgan fingerprint density at radius 1 is 1.11 bits per heavy atom. The molecule has 28 heavy (non-hydrogen) atoms. The first kappa shape index (κ1) is 20.2. The summed E-state index contributed by atoms with van der Waals surface area (Å²) in [4.78, 5) is 14.2. The van der Waals surface area contributed by atoms with Gasteiger partial charge in [0.05, 0.1) is 17.1 Å². The first-order valence-corrected chi connectivity index (χ1v) is 9.44. The Morgan fingerprint density at radius 2 is 1.82 bits per heavy atom. The summed E-state index contributed by atoms with van der Waals surface area (Å²) in [6.07, 6.45) is 0. The Kier molecular flexibility index (Phi) is 6.54. The Bertz CT molecular complexity index is 942. The highest BCUT2D eigenvalue weighted by Crippen LogP contribution is 2.26. The van der Waals surface area contributed by atoms with Crippen LogP contribution in [0.4, 0.5) is 0 Å². The van der Waals surface area contributed by atoms with Gasteiger partial charge in [0.25, 0.3) is 5.91 Å². The fourth-order valence-electron chi connectivity index (χ4n) is 2.52. The van der Waals surface area contributed by atoms with Crippen molar-refractivity contribution in [2.24, 2.45) is 0 Å². The molecule has 0 aliphatic rings. The van der Waals surface area contributed by atoms with Crippen LogP contribution in [-0.2, 0) is 11.3 Å². The molecule has 0 atom stereocenters. The van der Waals surface area contributed by atoms with Gasteiger partial charge in [0.15, 0.2) is 6.61 Å². The van der Waals surface area contributed by atoms with Crippen LogP contribution in [0.3, 0.4) is 0 Å². The number of ether oxygens (including phenoxy) is 1. The molecule has 0 saturated carbocycles. The molecule has 1 heterocycles. The zero-order valence-electron chi connectivity index (χ0n) is 15.4. The van der Waals surface area contributed by atoms with E-state index in [0.29, 0.717) is 33.1 Å². The summed E-state index contributed by atoms with van der Waals surface area (Å²) in [5.74, 6) is 1.01. The fraction of sp³-hybridized carbons (Fsp3) is 0.250. The molecule has 1 amide bonds. The van der Waals surface area contributed by atoms with E-state index < -0.39 is 0 Å². The van der Waals surface area contributed by atoms with Crippen molar-refractivity contribution >= 4 is 29.1 Å². The molecule has 0 aliphatic carbocycles. The molecule has 0 fully saturated rings. The molecule has 0 N–H and O–H groups in total. The number of nitrogens with zero attached hydrogens (tertiary/aromatic N) is 3. The average Bonchev–Trinajstić information content (AvgIpc) is 3.14. The maximum absolute atomic E-state index is 12.6. The van der Waals surface area contributed by atoms with Gasteiger partial charge in [0.2, 0.25) is 11.8 Å². The van der Waals surface area contributed by atoms with Gasteiger partial charge in [-0.1, -0.05) is 35.3 Å². The van der Waals surface area contributed by atoms with E-state index in [9.17, 15) is 4.79 Å². The minimum atomic E-state index is -0.192. The van der Waals surface area contributed by atoms with E-state index in [1.165, 1.54) is 0 Å². The third-order valence-electron chi connectivity index (χ3n) is 4.00. The number of hydrogen-bond acceptors (Lipinski definition) is 5. The minimum absolute atomic E-state index is 0.0722. The minimum Gasteiger partial charge on any atom is -0.484 e. The van der Waals surface area contributed by atoms with Crippen LogP contribution in [0.1, 0.15) is 19.7 Å². The molecule has 0 aliphatic heterocycles. The summed E-state index contributed by atoms with van der Waals surface area (Å²) >= 11 is 12.0. The summed E-state index contributed by atoms with van der Waals surface area (Å²) in [6.45, 7) is 3.89. The van der Waals surface area contributed by atoms with Crippen LogP contribution < -0.4 is 4.74 Å². The molecular formula is C20H19Cl2N3O3. The van der Waals surface area contributed by atoms with Crippen LogP contribution in [0.25, 0.3) is 11.5 Å². The van der Waals surface area contributed by atoms with E-state index in [4.69, 9.17) is 32.4 Å². The summed E-state index contributed by atoms with van der Waals surface area (Å²) in [6, 6.07) is 14.0. The van der Waals surface area contributed by atoms with E-state index in [2.05, 4.69) is 10.2 Å². The molecule has 0 spiro atoms. The lowest BCUT2D eigenvalue weighted by molar-refractivity contribution is -0.136. The summed E-state index contributed by atoms with van der Waals surface area (Å²) in [5.41, 5.74) is 0.649. The third kappa shape index (κ3) is 5.03.